The van der Waals surface area contributed by atoms with E-state index in [0.717, 1.165) is 10.3 Å². The SMILES string of the molecule is N#CCCN(CCC(F)(F)F)C(=O)c1cc(-c2ncnc3[nH]ccc23)co1.[HH]. The van der Waals surface area contributed by atoms with Crippen LogP contribution in [0.2, 0.25) is 0 Å². The molecule has 3 rings (SSSR count). The molecule has 0 bridgehead atoms. The number of aromatic amines is 1. The fourth-order valence-electron chi connectivity index (χ4n) is 2.59. The highest BCUT2D eigenvalue weighted by atomic mass is 19.4. The van der Waals surface area contributed by atoms with Crippen molar-refractivity contribution >= 4 is 16.9 Å². The summed E-state index contributed by atoms with van der Waals surface area (Å²) in [6, 6.07) is 5.01. The first-order valence-corrected chi connectivity index (χ1v) is 7.99. The predicted molar refractivity (Wildman–Crippen MR) is 90.5 cm³/mol. The summed E-state index contributed by atoms with van der Waals surface area (Å²) in [5.41, 5.74) is 1.64. The highest BCUT2D eigenvalue weighted by Crippen LogP contribution is 2.27. The fraction of sp³-hybridized carbons (Fsp3) is 0.294. The third kappa shape index (κ3) is 4.25. The molecule has 0 fully saturated rings. The van der Waals surface area contributed by atoms with Gasteiger partial charge in [-0.2, -0.15) is 18.4 Å². The molecule has 142 valence electrons. The molecule has 0 saturated carbocycles. The number of H-pyrrole nitrogens is 1. The van der Waals surface area contributed by atoms with Gasteiger partial charge in [0.05, 0.1) is 24.6 Å². The molecule has 3 aromatic heterocycles. The van der Waals surface area contributed by atoms with Gasteiger partial charge in [0.15, 0.2) is 5.76 Å². The van der Waals surface area contributed by atoms with Crippen molar-refractivity contribution in [2.24, 2.45) is 0 Å². The van der Waals surface area contributed by atoms with Gasteiger partial charge < -0.3 is 14.3 Å². The Labute approximate surface area is 152 Å². The second kappa shape index (κ2) is 7.49. The summed E-state index contributed by atoms with van der Waals surface area (Å²) >= 11 is 0. The zero-order valence-corrected chi connectivity index (χ0v) is 14.0. The number of fused-ring (bicyclic) bond motifs is 1. The van der Waals surface area contributed by atoms with E-state index in [2.05, 4.69) is 15.0 Å². The topological polar surface area (TPSA) is 98.8 Å². The van der Waals surface area contributed by atoms with E-state index in [1.165, 1.54) is 18.7 Å². The summed E-state index contributed by atoms with van der Waals surface area (Å²) in [5, 5.41) is 9.40. The second-order valence-corrected chi connectivity index (χ2v) is 5.73. The number of carbonyl (C=O) groups excluding carboxylic acids is 1. The number of hydrogen-bond acceptors (Lipinski definition) is 5. The first-order valence-electron chi connectivity index (χ1n) is 7.99. The van der Waals surface area contributed by atoms with Crippen LogP contribution in [0.25, 0.3) is 22.3 Å². The summed E-state index contributed by atoms with van der Waals surface area (Å²) < 4.78 is 42.8. The van der Waals surface area contributed by atoms with Crippen molar-refractivity contribution in [1.29, 1.82) is 5.26 Å². The Morgan fingerprint density at radius 1 is 1.37 bits per heavy atom. The second-order valence-electron chi connectivity index (χ2n) is 5.73. The minimum atomic E-state index is -4.40. The lowest BCUT2D eigenvalue weighted by Gasteiger charge is -2.21. The van der Waals surface area contributed by atoms with Crippen molar-refractivity contribution in [3.8, 4) is 17.3 Å². The minimum absolute atomic E-state index is 0. The molecule has 0 aliphatic rings. The van der Waals surface area contributed by atoms with Crippen molar-refractivity contribution < 1.29 is 23.8 Å². The van der Waals surface area contributed by atoms with E-state index in [4.69, 9.17) is 9.68 Å². The van der Waals surface area contributed by atoms with E-state index in [-0.39, 0.29) is 20.2 Å². The lowest BCUT2D eigenvalue weighted by Crippen LogP contribution is -2.34. The number of nitrogens with one attached hydrogen (secondary N) is 1. The Bertz CT molecular complexity index is 992. The van der Waals surface area contributed by atoms with Gasteiger partial charge in [-0.3, -0.25) is 4.79 Å². The van der Waals surface area contributed by atoms with E-state index in [1.54, 1.807) is 12.3 Å². The number of hydrogen-bond donors (Lipinski definition) is 1. The Hall–Kier alpha value is -3.35. The third-order valence-corrected chi connectivity index (χ3v) is 3.88. The summed E-state index contributed by atoms with van der Waals surface area (Å²) in [4.78, 5) is 24.7. The summed E-state index contributed by atoms with van der Waals surface area (Å²) in [7, 11) is 0. The number of alkyl halides is 3. The Balaban J connectivity index is 0.00000280. The monoisotopic (exact) mass is 379 g/mol. The van der Waals surface area contributed by atoms with Gasteiger partial charge in [0.25, 0.3) is 5.91 Å². The normalized spacial score (nSPS) is 11.5. The molecule has 0 unspecified atom stereocenters. The number of furan rings is 1. The van der Waals surface area contributed by atoms with Gasteiger partial charge in [0, 0.05) is 31.7 Å². The molecule has 0 aliphatic heterocycles. The average Bonchev–Trinajstić information content (AvgIpc) is 3.29. The van der Waals surface area contributed by atoms with Crippen molar-refractivity contribution in [2.45, 2.75) is 19.0 Å². The fourth-order valence-corrected chi connectivity index (χ4v) is 2.59. The van der Waals surface area contributed by atoms with E-state index in [9.17, 15) is 18.0 Å². The zero-order valence-electron chi connectivity index (χ0n) is 14.0. The highest BCUT2D eigenvalue weighted by Gasteiger charge is 2.30. The summed E-state index contributed by atoms with van der Waals surface area (Å²) in [6.45, 7) is -0.660. The number of nitriles is 1. The molecule has 0 radical (unpaired) electrons. The van der Waals surface area contributed by atoms with Crippen molar-refractivity contribution in [1.82, 2.24) is 19.9 Å². The maximum absolute atomic E-state index is 12.5. The average molecular weight is 379 g/mol. The highest BCUT2D eigenvalue weighted by molar-refractivity contribution is 5.95. The van der Waals surface area contributed by atoms with Crippen LogP contribution >= 0.6 is 0 Å². The quantitative estimate of drug-likeness (QED) is 0.703. The van der Waals surface area contributed by atoms with Gasteiger partial charge in [-0.15, -0.1) is 0 Å². The minimum Gasteiger partial charge on any atom is -0.458 e. The molecule has 27 heavy (non-hydrogen) atoms. The van der Waals surface area contributed by atoms with Crippen LogP contribution in [0, 0.1) is 11.3 Å². The van der Waals surface area contributed by atoms with Gasteiger partial charge in [-0.1, -0.05) is 0 Å². The van der Waals surface area contributed by atoms with Gasteiger partial charge in [0.1, 0.15) is 18.2 Å². The number of halogens is 3. The molecule has 0 spiro atoms. The van der Waals surface area contributed by atoms with Crippen LogP contribution < -0.4 is 0 Å². The molecule has 0 saturated heterocycles. The molecule has 0 aliphatic carbocycles. The zero-order chi connectivity index (χ0) is 19.4. The van der Waals surface area contributed by atoms with E-state index in [1.807, 2.05) is 6.07 Å². The molecule has 10 heteroatoms. The smallest absolute Gasteiger partial charge is 0.390 e. The molecule has 3 aromatic rings. The standard InChI is InChI=1S/C17H14F3N5O2.H2/c18-17(19,20)3-7-25(6-1-4-21)16(26)13-8-11(9-27-13)14-12-2-5-22-15(12)24-10-23-14;/h2,5,8-10H,1,3,6-7H2,(H,22,23,24);1H. The Morgan fingerprint density at radius 3 is 2.93 bits per heavy atom. The van der Waals surface area contributed by atoms with Crippen LogP contribution in [0.15, 0.2) is 35.3 Å². The lowest BCUT2D eigenvalue weighted by molar-refractivity contribution is -0.136. The summed E-state index contributed by atoms with van der Waals surface area (Å²) in [5.74, 6) is -0.826. The molecular formula is C17H16F3N5O2. The van der Waals surface area contributed by atoms with Crippen molar-refractivity contribution in [3.05, 3.63) is 36.7 Å². The van der Waals surface area contributed by atoms with Crippen LogP contribution in [0.1, 0.15) is 24.8 Å². The lowest BCUT2D eigenvalue weighted by atomic mass is 10.1. The largest absolute Gasteiger partial charge is 0.458 e. The van der Waals surface area contributed by atoms with Gasteiger partial charge in [-0.25, -0.2) is 9.97 Å². The van der Waals surface area contributed by atoms with Crippen LogP contribution in [0.5, 0.6) is 0 Å². The first-order chi connectivity index (χ1) is 12.9. The molecule has 7 nitrogen and oxygen atoms in total. The number of nitrogens with zero attached hydrogens (tertiary/aromatic N) is 4. The van der Waals surface area contributed by atoms with Gasteiger partial charge >= 0.3 is 6.18 Å². The van der Waals surface area contributed by atoms with Crippen LogP contribution in [0.4, 0.5) is 13.2 Å². The van der Waals surface area contributed by atoms with E-state index in [0.29, 0.717) is 16.9 Å². The van der Waals surface area contributed by atoms with Gasteiger partial charge in [0.2, 0.25) is 0 Å². The molecule has 0 atom stereocenters. The Kier molecular flexibility index (Phi) is 5.12. The van der Waals surface area contributed by atoms with E-state index >= 15 is 0 Å². The maximum Gasteiger partial charge on any atom is 0.390 e. The Morgan fingerprint density at radius 2 is 2.19 bits per heavy atom. The third-order valence-electron chi connectivity index (χ3n) is 3.88. The van der Waals surface area contributed by atoms with Gasteiger partial charge in [-0.05, 0) is 12.1 Å². The molecule has 1 N–H and O–H groups in total. The molecule has 1 amide bonds. The van der Waals surface area contributed by atoms with Crippen LogP contribution in [-0.2, 0) is 0 Å². The number of amides is 1. The predicted octanol–water partition coefficient (Wildman–Crippen LogP) is 3.77. The van der Waals surface area contributed by atoms with Crippen molar-refractivity contribution in [2.75, 3.05) is 13.1 Å². The van der Waals surface area contributed by atoms with Crippen LogP contribution in [-0.4, -0.2) is 45.0 Å². The molecule has 3 heterocycles. The van der Waals surface area contributed by atoms with Crippen LogP contribution in [0.3, 0.4) is 0 Å². The van der Waals surface area contributed by atoms with E-state index < -0.39 is 25.0 Å². The maximum atomic E-state index is 12.5. The van der Waals surface area contributed by atoms with Crippen molar-refractivity contribution in [3.63, 3.8) is 0 Å². The number of rotatable bonds is 6. The molecular weight excluding hydrogens is 363 g/mol. The number of aromatic nitrogens is 3. The molecule has 0 aromatic carbocycles. The first kappa shape index (κ1) is 18.4. The summed E-state index contributed by atoms with van der Waals surface area (Å²) in [6.07, 6.45) is -1.28. The number of carbonyl (C=O) groups is 1.